The van der Waals surface area contributed by atoms with Crippen molar-refractivity contribution in [1.82, 2.24) is 5.32 Å². The van der Waals surface area contributed by atoms with E-state index in [2.05, 4.69) is 36.5 Å². The van der Waals surface area contributed by atoms with E-state index in [9.17, 15) is 5.11 Å². The Labute approximate surface area is 164 Å². The summed E-state index contributed by atoms with van der Waals surface area (Å²) >= 11 is 6.05. The van der Waals surface area contributed by atoms with Crippen LogP contribution in [0.2, 0.25) is 5.02 Å². The standard InChI is InChI=1S/C23H21ClN2O/c1-15-6-8-17(9-7-15)23-25-20(16-10-12-18(24)13-11-16)14-21(26-23)19-4-2-3-5-22(19)27/h2-13,21,23,26-27H,14H2,1H3/t21-,23-/m0/s1. The van der Waals surface area contributed by atoms with Crippen LogP contribution >= 0.6 is 11.6 Å². The number of benzene rings is 3. The van der Waals surface area contributed by atoms with E-state index in [1.807, 2.05) is 42.5 Å². The molecule has 0 unspecified atom stereocenters. The van der Waals surface area contributed by atoms with Crippen molar-refractivity contribution < 1.29 is 5.11 Å². The van der Waals surface area contributed by atoms with Crippen molar-refractivity contribution in [3.63, 3.8) is 0 Å². The fourth-order valence-corrected chi connectivity index (χ4v) is 3.55. The summed E-state index contributed by atoms with van der Waals surface area (Å²) in [6.45, 7) is 2.07. The van der Waals surface area contributed by atoms with Gasteiger partial charge in [0.05, 0.1) is 0 Å². The second-order valence-electron chi connectivity index (χ2n) is 6.88. The van der Waals surface area contributed by atoms with E-state index in [1.54, 1.807) is 6.07 Å². The van der Waals surface area contributed by atoms with Gasteiger partial charge in [-0.2, -0.15) is 0 Å². The molecule has 0 saturated heterocycles. The fourth-order valence-electron chi connectivity index (χ4n) is 3.42. The molecule has 0 fully saturated rings. The minimum atomic E-state index is -0.172. The lowest BCUT2D eigenvalue weighted by molar-refractivity contribution is 0.412. The van der Waals surface area contributed by atoms with Crippen LogP contribution < -0.4 is 5.32 Å². The molecule has 3 aromatic rings. The van der Waals surface area contributed by atoms with Gasteiger partial charge in [-0.3, -0.25) is 10.3 Å². The van der Waals surface area contributed by atoms with Crippen LogP contribution in [0.15, 0.2) is 77.8 Å². The molecule has 1 aliphatic heterocycles. The predicted molar refractivity (Wildman–Crippen MR) is 111 cm³/mol. The van der Waals surface area contributed by atoms with E-state index in [-0.39, 0.29) is 12.2 Å². The molecule has 0 saturated carbocycles. The highest BCUT2D eigenvalue weighted by Gasteiger charge is 2.27. The molecule has 2 N–H and O–H groups in total. The predicted octanol–water partition coefficient (Wildman–Crippen LogP) is 5.58. The number of aliphatic imine (C=N–C) groups is 1. The van der Waals surface area contributed by atoms with Crippen molar-refractivity contribution >= 4 is 17.3 Å². The summed E-state index contributed by atoms with van der Waals surface area (Å²) in [5, 5.41) is 14.6. The Bertz CT molecular complexity index is 964. The van der Waals surface area contributed by atoms with Gasteiger partial charge in [-0.05, 0) is 36.2 Å². The van der Waals surface area contributed by atoms with Gasteiger partial charge in [0.15, 0.2) is 0 Å². The Kier molecular flexibility index (Phi) is 4.97. The van der Waals surface area contributed by atoms with Gasteiger partial charge in [-0.1, -0.05) is 71.8 Å². The van der Waals surface area contributed by atoms with E-state index < -0.39 is 0 Å². The third-order valence-corrected chi connectivity index (χ3v) is 5.18. The minimum Gasteiger partial charge on any atom is -0.508 e. The molecule has 1 heterocycles. The normalized spacial score (nSPS) is 19.6. The molecule has 0 aliphatic carbocycles. The molecular formula is C23H21ClN2O. The molecule has 0 bridgehead atoms. The number of aromatic hydroxyl groups is 1. The fraction of sp³-hybridized carbons (Fsp3) is 0.174. The van der Waals surface area contributed by atoms with Crippen LogP contribution in [0, 0.1) is 6.92 Å². The molecule has 1 aliphatic rings. The Morgan fingerprint density at radius 2 is 1.67 bits per heavy atom. The van der Waals surface area contributed by atoms with Crippen molar-refractivity contribution in [2.75, 3.05) is 0 Å². The summed E-state index contributed by atoms with van der Waals surface area (Å²) in [5.41, 5.74) is 5.26. The Balaban J connectivity index is 1.75. The second kappa shape index (κ2) is 7.55. The highest BCUT2D eigenvalue weighted by molar-refractivity contribution is 6.30. The van der Waals surface area contributed by atoms with Gasteiger partial charge in [0.25, 0.3) is 0 Å². The zero-order valence-corrected chi connectivity index (χ0v) is 15.8. The number of phenolic OH excluding ortho intramolecular Hbond substituents is 1. The van der Waals surface area contributed by atoms with Gasteiger partial charge in [0.1, 0.15) is 11.9 Å². The number of hydrogen-bond donors (Lipinski definition) is 2. The average molecular weight is 377 g/mol. The Morgan fingerprint density at radius 3 is 2.37 bits per heavy atom. The van der Waals surface area contributed by atoms with Crippen LogP contribution in [0.5, 0.6) is 5.75 Å². The van der Waals surface area contributed by atoms with Crippen LogP contribution in [-0.4, -0.2) is 10.8 Å². The van der Waals surface area contributed by atoms with Crippen molar-refractivity contribution in [1.29, 1.82) is 0 Å². The molecule has 136 valence electrons. The summed E-state index contributed by atoms with van der Waals surface area (Å²) in [4.78, 5) is 4.97. The molecule has 3 aromatic carbocycles. The van der Waals surface area contributed by atoms with Gasteiger partial charge in [0, 0.05) is 28.8 Å². The van der Waals surface area contributed by atoms with Crippen LogP contribution in [0.3, 0.4) is 0 Å². The molecule has 0 amide bonds. The highest BCUT2D eigenvalue weighted by atomic mass is 35.5. The number of hydrogen-bond acceptors (Lipinski definition) is 3. The van der Waals surface area contributed by atoms with Crippen molar-refractivity contribution in [3.8, 4) is 5.75 Å². The third kappa shape index (κ3) is 3.90. The lowest BCUT2D eigenvalue weighted by Gasteiger charge is -2.31. The molecule has 27 heavy (non-hydrogen) atoms. The summed E-state index contributed by atoms with van der Waals surface area (Å²) in [5.74, 6) is 0.301. The molecule has 0 radical (unpaired) electrons. The first kappa shape index (κ1) is 17.8. The number of para-hydroxylation sites is 1. The van der Waals surface area contributed by atoms with Crippen LogP contribution in [0.25, 0.3) is 0 Å². The smallest absolute Gasteiger partial charge is 0.126 e. The summed E-state index contributed by atoms with van der Waals surface area (Å²) in [6, 6.07) is 23.6. The zero-order valence-electron chi connectivity index (χ0n) is 15.1. The Morgan fingerprint density at radius 1 is 0.963 bits per heavy atom. The number of rotatable bonds is 3. The van der Waals surface area contributed by atoms with E-state index in [0.717, 1.165) is 22.4 Å². The lowest BCUT2D eigenvalue weighted by Crippen LogP contribution is -2.33. The van der Waals surface area contributed by atoms with Crippen LogP contribution in [0.4, 0.5) is 0 Å². The quantitative estimate of drug-likeness (QED) is 0.627. The van der Waals surface area contributed by atoms with Gasteiger partial charge < -0.3 is 5.11 Å². The van der Waals surface area contributed by atoms with Gasteiger partial charge in [-0.15, -0.1) is 0 Å². The number of nitrogens with zero attached hydrogens (tertiary/aromatic N) is 1. The second-order valence-corrected chi connectivity index (χ2v) is 7.31. The van der Waals surface area contributed by atoms with Gasteiger partial charge in [0.2, 0.25) is 0 Å². The number of phenols is 1. The average Bonchev–Trinajstić information content (AvgIpc) is 2.69. The maximum atomic E-state index is 10.4. The SMILES string of the molecule is Cc1ccc([C@H]2N=C(c3ccc(Cl)cc3)C[C@@H](c3ccccc3O)N2)cc1. The largest absolute Gasteiger partial charge is 0.508 e. The minimum absolute atomic E-state index is 0.0271. The maximum Gasteiger partial charge on any atom is 0.126 e. The first-order chi connectivity index (χ1) is 13.1. The topological polar surface area (TPSA) is 44.6 Å². The van der Waals surface area contributed by atoms with Crippen molar-refractivity contribution in [3.05, 3.63) is 100 Å². The van der Waals surface area contributed by atoms with E-state index in [1.165, 1.54) is 5.56 Å². The van der Waals surface area contributed by atoms with E-state index in [4.69, 9.17) is 16.6 Å². The maximum absolute atomic E-state index is 10.4. The molecular weight excluding hydrogens is 356 g/mol. The molecule has 3 nitrogen and oxygen atoms in total. The highest BCUT2D eigenvalue weighted by Crippen LogP contribution is 2.34. The first-order valence-electron chi connectivity index (χ1n) is 9.03. The van der Waals surface area contributed by atoms with Crippen LogP contribution in [0.1, 0.15) is 40.9 Å². The summed E-state index contributed by atoms with van der Waals surface area (Å²) in [6.07, 6.45) is 0.524. The van der Waals surface area contributed by atoms with Crippen molar-refractivity contribution in [2.45, 2.75) is 25.6 Å². The monoisotopic (exact) mass is 376 g/mol. The van der Waals surface area contributed by atoms with E-state index >= 15 is 0 Å². The molecule has 0 aromatic heterocycles. The third-order valence-electron chi connectivity index (χ3n) is 4.92. The Hall–Kier alpha value is -2.62. The molecule has 4 heteroatoms. The number of aryl methyl sites for hydroxylation is 1. The molecule has 2 atom stereocenters. The van der Waals surface area contributed by atoms with Gasteiger partial charge in [-0.25, -0.2) is 0 Å². The summed E-state index contributed by atoms with van der Waals surface area (Å²) in [7, 11) is 0. The summed E-state index contributed by atoms with van der Waals surface area (Å²) < 4.78 is 0. The zero-order chi connectivity index (χ0) is 18.8. The first-order valence-corrected chi connectivity index (χ1v) is 9.41. The van der Waals surface area contributed by atoms with E-state index in [0.29, 0.717) is 17.2 Å². The van der Waals surface area contributed by atoms with Crippen molar-refractivity contribution in [2.24, 2.45) is 4.99 Å². The number of halogens is 1. The lowest BCUT2D eigenvalue weighted by atomic mass is 9.93. The van der Waals surface area contributed by atoms with Crippen LogP contribution in [-0.2, 0) is 0 Å². The molecule has 0 spiro atoms. The number of nitrogens with one attached hydrogen (secondary N) is 1. The van der Waals surface area contributed by atoms with Gasteiger partial charge >= 0.3 is 0 Å². The molecule has 4 rings (SSSR count).